The zero-order valence-corrected chi connectivity index (χ0v) is 10.4. The molecule has 0 aromatic heterocycles. The van der Waals surface area contributed by atoms with Crippen molar-refractivity contribution in [3.05, 3.63) is 0 Å². The highest BCUT2D eigenvalue weighted by Crippen LogP contribution is 2.09. The molecule has 1 unspecified atom stereocenters. The highest BCUT2D eigenvalue weighted by atomic mass is 16.5. The Morgan fingerprint density at radius 3 is 2.71 bits per heavy atom. The number of hydrogen-bond acceptors (Lipinski definition) is 3. The summed E-state index contributed by atoms with van der Waals surface area (Å²) in [6, 6.07) is 0.346. The molecule has 17 heavy (non-hydrogen) atoms. The maximum atomic E-state index is 11.9. The molecule has 0 radical (unpaired) electrons. The van der Waals surface area contributed by atoms with Crippen molar-refractivity contribution >= 4 is 6.03 Å². The van der Waals surface area contributed by atoms with Gasteiger partial charge in [-0.15, -0.1) is 0 Å². The molecule has 2 N–H and O–H groups in total. The van der Waals surface area contributed by atoms with Crippen LogP contribution in [0.3, 0.4) is 0 Å². The van der Waals surface area contributed by atoms with E-state index in [0.29, 0.717) is 13.2 Å². The van der Waals surface area contributed by atoms with Crippen molar-refractivity contribution in [3.63, 3.8) is 0 Å². The molecule has 2 rings (SSSR count). The molecule has 2 aliphatic rings. The molecule has 5 nitrogen and oxygen atoms in total. The summed E-state index contributed by atoms with van der Waals surface area (Å²) in [5.74, 6) is 0. The molecule has 2 amide bonds. The fraction of sp³-hybridized carbons (Fsp3) is 0.917. The van der Waals surface area contributed by atoms with Crippen LogP contribution in [0.25, 0.3) is 0 Å². The lowest BCUT2D eigenvalue weighted by Crippen LogP contribution is -2.50. The average molecular weight is 241 g/mol. The molecular weight excluding hydrogens is 218 g/mol. The van der Waals surface area contributed by atoms with Crippen LogP contribution in [0.1, 0.15) is 25.7 Å². The van der Waals surface area contributed by atoms with Gasteiger partial charge in [-0.25, -0.2) is 4.79 Å². The topological polar surface area (TPSA) is 53.6 Å². The number of ether oxygens (including phenoxy) is 1. The third-order valence-corrected chi connectivity index (χ3v) is 3.39. The Bertz CT molecular complexity index is 234. The van der Waals surface area contributed by atoms with E-state index in [1.165, 1.54) is 12.8 Å². The second-order valence-electron chi connectivity index (χ2n) is 4.81. The summed E-state index contributed by atoms with van der Waals surface area (Å²) >= 11 is 0. The van der Waals surface area contributed by atoms with Crippen molar-refractivity contribution in [3.8, 4) is 0 Å². The van der Waals surface area contributed by atoms with Gasteiger partial charge >= 0.3 is 6.03 Å². The third-order valence-electron chi connectivity index (χ3n) is 3.39. The van der Waals surface area contributed by atoms with Gasteiger partial charge in [-0.1, -0.05) is 12.8 Å². The summed E-state index contributed by atoms with van der Waals surface area (Å²) in [6.45, 7) is 4.82. The van der Waals surface area contributed by atoms with Gasteiger partial charge in [-0.2, -0.15) is 0 Å². The molecule has 98 valence electrons. The second-order valence-corrected chi connectivity index (χ2v) is 4.81. The first kappa shape index (κ1) is 12.6. The van der Waals surface area contributed by atoms with Crippen LogP contribution in [-0.2, 0) is 4.74 Å². The summed E-state index contributed by atoms with van der Waals surface area (Å²) in [6.07, 6.45) is 4.78. The Kier molecular flexibility index (Phi) is 5.07. The Morgan fingerprint density at radius 2 is 2.06 bits per heavy atom. The van der Waals surface area contributed by atoms with E-state index < -0.39 is 0 Å². The van der Waals surface area contributed by atoms with Crippen LogP contribution >= 0.6 is 0 Å². The van der Waals surface area contributed by atoms with Crippen LogP contribution in [0, 0.1) is 0 Å². The number of carbonyl (C=O) groups is 1. The standard InChI is InChI=1S/C12H23N3O2/c16-12(15-6-3-1-2-4-7-15)14-9-11-10-17-8-5-13-11/h11,13H,1-10H2,(H,14,16). The van der Waals surface area contributed by atoms with E-state index in [9.17, 15) is 4.79 Å². The number of morpholine rings is 1. The van der Waals surface area contributed by atoms with Crippen molar-refractivity contribution in [2.45, 2.75) is 31.7 Å². The molecular formula is C12H23N3O2. The quantitative estimate of drug-likeness (QED) is 0.743. The minimum atomic E-state index is 0.0827. The van der Waals surface area contributed by atoms with Gasteiger partial charge in [0, 0.05) is 32.2 Å². The summed E-state index contributed by atoms with van der Waals surface area (Å²) in [4.78, 5) is 13.9. The van der Waals surface area contributed by atoms with Gasteiger partial charge < -0.3 is 20.3 Å². The molecule has 2 heterocycles. The molecule has 2 aliphatic heterocycles. The van der Waals surface area contributed by atoms with E-state index in [0.717, 1.165) is 39.1 Å². The van der Waals surface area contributed by atoms with Gasteiger partial charge in [0.15, 0.2) is 0 Å². The van der Waals surface area contributed by atoms with E-state index in [2.05, 4.69) is 10.6 Å². The van der Waals surface area contributed by atoms with Crippen molar-refractivity contribution in [1.82, 2.24) is 15.5 Å². The van der Waals surface area contributed by atoms with Crippen molar-refractivity contribution < 1.29 is 9.53 Å². The van der Waals surface area contributed by atoms with Gasteiger partial charge in [0.25, 0.3) is 0 Å². The van der Waals surface area contributed by atoms with Crippen LogP contribution in [-0.4, -0.2) is 56.4 Å². The summed E-state index contributed by atoms with van der Waals surface area (Å²) in [7, 11) is 0. The van der Waals surface area contributed by atoms with Gasteiger partial charge in [0.1, 0.15) is 0 Å². The number of nitrogens with one attached hydrogen (secondary N) is 2. The Labute approximate surface area is 103 Å². The summed E-state index contributed by atoms with van der Waals surface area (Å²) in [5, 5.41) is 6.33. The molecule has 5 heteroatoms. The van der Waals surface area contributed by atoms with Gasteiger partial charge in [-0.05, 0) is 12.8 Å². The zero-order chi connectivity index (χ0) is 11.9. The Morgan fingerprint density at radius 1 is 1.29 bits per heavy atom. The summed E-state index contributed by atoms with van der Waals surface area (Å²) < 4.78 is 5.35. The molecule has 2 saturated heterocycles. The lowest BCUT2D eigenvalue weighted by Gasteiger charge is -2.26. The van der Waals surface area contributed by atoms with E-state index in [-0.39, 0.29) is 12.1 Å². The lowest BCUT2D eigenvalue weighted by atomic mass is 10.2. The molecule has 0 aromatic carbocycles. The van der Waals surface area contributed by atoms with Crippen LogP contribution in [0.5, 0.6) is 0 Å². The number of hydrogen-bond donors (Lipinski definition) is 2. The second kappa shape index (κ2) is 6.81. The lowest BCUT2D eigenvalue weighted by molar-refractivity contribution is 0.0768. The van der Waals surface area contributed by atoms with E-state index >= 15 is 0 Å². The molecule has 2 fully saturated rings. The minimum absolute atomic E-state index is 0.0827. The minimum Gasteiger partial charge on any atom is -0.378 e. The smallest absolute Gasteiger partial charge is 0.317 e. The molecule has 0 aliphatic carbocycles. The zero-order valence-electron chi connectivity index (χ0n) is 10.4. The van der Waals surface area contributed by atoms with Crippen LogP contribution in [0.15, 0.2) is 0 Å². The number of urea groups is 1. The maximum absolute atomic E-state index is 11.9. The predicted molar refractivity (Wildman–Crippen MR) is 66.0 cm³/mol. The van der Waals surface area contributed by atoms with E-state index in [4.69, 9.17) is 4.74 Å². The molecule has 0 saturated carbocycles. The fourth-order valence-corrected chi connectivity index (χ4v) is 2.35. The van der Waals surface area contributed by atoms with Crippen LogP contribution in [0.4, 0.5) is 4.79 Å². The Hall–Kier alpha value is -0.810. The van der Waals surface area contributed by atoms with Crippen LogP contribution in [0.2, 0.25) is 0 Å². The maximum Gasteiger partial charge on any atom is 0.317 e. The van der Waals surface area contributed by atoms with E-state index in [1.807, 2.05) is 4.90 Å². The first-order chi connectivity index (χ1) is 8.36. The van der Waals surface area contributed by atoms with Gasteiger partial charge in [0.05, 0.1) is 13.2 Å². The number of nitrogens with zero attached hydrogens (tertiary/aromatic N) is 1. The van der Waals surface area contributed by atoms with Crippen molar-refractivity contribution in [2.75, 3.05) is 39.4 Å². The number of amides is 2. The molecule has 1 atom stereocenters. The van der Waals surface area contributed by atoms with Crippen molar-refractivity contribution in [1.29, 1.82) is 0 Å². The van der Waals surface area contributed by atoms with E-state index in [1.54, 1.807) is 0 Å². The fourth-order valence-electron chi connectivity index (χ4n) is 2.35. The highest BCUT2D eigenvalue weighted by molar-refractivity contribution is 5.74. The number of rotatable bonds is 2. The highest BCUT2D eigenvalue weighted by Gasteiger charge is 2.18. The third kappa shape index (κ3) is 4.16. The monoisotopic (exact) mass is 241 g/mol. The number of likely N-dealkylation sites (tertiary alicyclic amines) is 1. The van der Waals surface area contributed by atoms with Crippen molar-refractivity contribution in [2.24, 2.45) is 0 Å². The van der Waals surface area contributed by atoms with Gasteiger partial charge in [0.2, 0.25) is 0 Å². The molecule has 0 spiro atoms. The molecule has 0 bridgehead atoms. The SMILES string of the molecule is O=C(NCC1COCCN1)N1CCCCCC1. The normalized spacial score (nSPS) is 26.4. The predicted octanol–water partition coefficient (Wildman–Crippen LogP) is 0.560. The molecule has 0 aromatic rings. The average Bonchev–Trinajstić information content (AvgIpc) is 2.66. The van der Waals surface area contributed by atoms with Crippen LogP contribution < -0.4 is 10.6 Å². The largest absolute Gasteiger partial charge is 0.378 e. The Balaban J connectivity index is 1.68. The first-order valence-corrected chi connectivity index (χ1v) is 6.70. The summed E-state index contributed by atoms with van der Waals surface area (Å²) in [5.41, 5.74) is 0. The number of carbonyl (C=O) groups excluding carboxylic acids is 1. The first-order valence-electron chi connectivity index (χ1n) is 6.70. The van der Waals surface area contributed by atoms with Gasteiger partial charge in [-0.3, -0.25) is 0 Å².